The Morgan fingerprint density at radius 1 is 1.36 bits per heavy atom. The van der Waals surface area contributed by atoms with Crippen LogP contribution in [0.5, 0.6) is 0 Å². The number of carbonyl (C=O) groups excluding carboxylic acids is 1. The van der Waals surface area contributed by atoms with E-state index in [4.69, 9.17) is 5.73 Å². The lowest BCUT2D eigenvalue weighted by molar-refractivity contribution is 0.0396. The van der Waals surface area contributed by atoms with E-state index in [2.05, 4.69) is 0 Å². The van der Waals surface area contributed by atoms with Gasteiger partial charge in [-0.15, -0.1) is 0 Å². The first-order valence-electron chi connectivity index (χ1n) is 7.99. The molecule has 0 bridgehead atoms. The van der Waals surface area contributed by atoms with E-state index in [1.807, 2.05) is 0 Å². The number of likely N-dealkylation sites (tertiary alicyclic amines) is 1. The fraction of sp³-hybridized carbons (Fsp3) is 0.588. The van der Waals surface area contributed by atoms with Gasteiger partial charge in [0.25, 0.3) is 5.91 Å². The summed E-state index contributed by atoms with van der Waals surface area (Å²) < 4.78 is 14.1. The fourth-order valence-corrected chi connectivity index (χ4v) is 3.29. The Bertz CT molecular complexity index is 558. The van der Waals surface area contributed by atoms with E-state index in [0.717, 1.165) is 12.8 Å². The van der Waals surface area contributed by atoms with E-state index in [9.17, 15) is 14.3 Å². The summed E-state index contributed by atoms with van der Waals surface area (Å²) in [6.45, 7) is 1.62. The maximum absolute atomic E-state index is 14.1. The summed E-state index contributed by atoms with van der Waals surface area (Å²) in [7, 11) is 0. The first-order valence-corrected chi connectivity index (χ1v) is 7.99. The molecule has 120 valence electrons. The third-order valence-corrected chi connectivity index (χ3v) is 5.15. The van der Waals surface area contributed by atoms with Gasteiger partial charge >= 0.3 is 0 Å². The standard InChI is InChI=1S/C17H23FN2O2/c18-14-3-1-2-13(15(14)12-4-5-12)16(22)20-8-6-17(10-19,11-21)7-9-20/h1-3,12,21H,4-11,19H2. The molecule has 2 aliphatic rings. The molecule has 1 aliphatic carbocycles. The molecular formula is C17H23FN2O2. The molecule has 1 heterocycles. The van der Waals surface area contributed by atoms with Crippen LogP contribution in [-0.2, 0) is 0 Å². The maximum Gasteiger partial charge on any atom is 0.254 e. The lowest BCUT2D eigenvalue weighted by atomic mass is 9.79. The number of piperidine rings is 1. The largest absolute Gasteiger partial charge is 0.396 e. The minimum atomic E-state index is -0.267. The fourth-order valence-electron chi connectivity index (χ4n) is 3.29. The molecule has 0 atom stereocenters. The van der Waals surface area contributed by atoms with Gasteiger partial charge in [-0.05, 0) is 43.7 Å². The molecule has 3 N–H and O–H groups in total. The zero-order valence-corrected chi connectivity index (χ0v) is 12.7. The minimum Gasteiger partial charge on any atom is -0.396 e. The molecule has 22 heavy (non-hydrogen) atoms. The topological polar surface area (TPSA) is 66.6 Å². The van der Waals surface area contributed by atoms with E-state index in [-0.39, 0.29) is 29.7 Å². The Labute approximate surface area is 130 Å². The highest BCUT2D eigenvalue weighted by atomic mass is 19.1. The van der Waals surface area contributed by atoms with Crippen molar-refractivity contribution >= 4 is 5.91 Å². The second kappa shape index (κ2) is 5.97. The highest BCUT2D eigenvalue weighted by Gasteiger charge is 2.36. The molecule has 0 aromatic heterocycles. The van der Waals surface area contributed by atoms with Gasteiger partial charge in [-0.1, -0.05) is 6.07 Å². The van der Waals surface area contributed by atoms with Crippen LogP contribution >= 0.6 is 0 Å². The molecule has 1 saturated carbocycles. The van der Waals surface area contributed by atoms with Crippen molar-refractivity contribution < 1.29 is 14.3 Å². The predicted molar refractivity (Wildman–Crippen MR) is 82.1 cm³/mol. The number of hydrogen-bond donors (Lipinski definition) is 2. The normalized spacial score (nSPS) is 21.0. The van der Waals surface area contributed by atoms with Gasteiger partial charge in [0.05, 0.1) is 6.61 Å². The third kappa shape index (κ3) is 2.75. The number of rotatable bonds is 4. The number of carbonyl (C=O) groups is 1. The highest BCUT2D eigenvalue weighted by Crippen LogP contribution is 2.43. The maximum atomic E-state index is 14.1. The number of halogens is 1. The van der Waals surface area contributed by atoms with Crippen molar-refractivity contribution in [2.24, 2.45) is 11.1 Å². The molecule has 1 aromatic rings. The van der Waals surface area contributed by atoms with Gasteiger partial charge in [-0.25, -0.2) is 4.39 Å². The Hall–Kier alpha value is -1.46. The van der Waals surface area contributed by atoms with Crippen LogP contribution < -0.4 is 5.73 Å². The van der Waals surface area contributed by atoms with Crippen molar-refractivity contribution in [1.82, 2.24) is 4.90 Å². The van der Waals surface area contributed by atoms with Crippen LogP contribution in [0.1, 0.15) is 47.5 Å². The molecule has 1 amide bonds. The van der Waals surface area contributed by atoms with Crippen molar-refractivity contribution in [2.75, 3.05) is 26.2 Å². The van der Waals surface area contributed by atoms with Gasteiger partial charge in [0.2, 0.25) is 0 Å². The lowest BCUT2D eigenvalue weighted by Crippen LogP contribution is -2.48. The van der Waals surface area contributed by atoms with Gasteiger partial charge in [-0.2, -0.15) is 0 Å². The van der Waals surface area contributed by atoms with Crippen LogP contribution in [0, 0.1) is 11.2 Å². The molecule has 0 radical (unpaired) electrons. The van der Waals surface area contributed by atoms with E-state index < -0.39 is 0 Å². The number of nitrogens with two attached hydrogens (primary N) is 1. The summed E-state index contributed by atoms with van der Waals surface area (Å²) in [6.07, 6.45) is 3.31. The first kappa shape index (κ1) is 15.4. The van der Waals surface area contributed by atoms with Gasteiger partial charge in [0.1, 0.15) is 5.82 Å². The van der Waals surface area contributed by atoms with Crippen molar-refractivity contribution in [2.45, 2.75) is 31.6 Å². The molecular weight excluding hydrogens is 283 g/mol. The molecule has 0 unspecified atom stereocenters. The first-order chi connectivity index (χ1) is 10.6. The molecule has 1 aliphatic heterocycles. The van der Waals surface area contributed by atoms with Crippen LogP contribution in [0.25, 0.3) is 0 Å². The summed E-state index contributed by atoms with van der Waals surface area (Å²) >= 11 is 0. The number of hydrogen-bond acceptors (Lipinski definition) is 3. The average Bonchev–Trinajstić information content (AvgIpc) is 3.39. The Balaban J connectivity index is 1.77. The monoisotopic (exact) mass is 306 g/mol. The van der Waals surface area contributed by atoms with Crippen LogP contribution in [0.15, 0.2) is 18.2 Å². The zero-order chi connectivity index (χ0) is 15.7. The highest BCUT2D eigenvalue weighted by molar-refractivity contribution is 5.96. The molecule has 2 fully saturated rings. The average molecular weight is 306 g/mol. The van der Waals surface area contributed by atoms with Crippen LogP contribution in [0.2, 0.25) is 0 Å². The third-order valence-electron chi connectivity index (χ3n) is 5.15. The quantitative estimate of drug-likeness (QED) is 0.892. The molecule has 3 rings (SSSR count). The van der Waals surface area contributed by atoms with E-state index in [0.29, 0.717) is 43.6 Å². The lowest BCUT2D eigenvalue weighted by Gasteiger charge is -2.40. The molecule has 0 spiro atoms. The SMILES string of the molecule is NCC1(CO)CCN(C(=O)c2cccc(F)c2C2CC2)CC1. The summed E-state index contributed by atoms with van der Waals surface area (Å²) in [4.78, 5) is 14.5. The Morgan fingerprint density at radius 3 is 2.59 bits per heavy atom. The Kier molecular flexibility index (Phi) is 4.19. The van der Waals surface area contributed by atoms with Gasteiger partial charge < -0.3 is 15.7 Å². The minimum absolute atomic E-state index is 0.0544. The zero-order valence-electron chi connectivity index (χ0n) is 12.7. The summed E-state index contributed by atoms with van der Waals surface area (Å²) in [6, 6.07) is 4.78. The van der Waals surface area contributed by atoms with E-state index in [1.165, 1.54) is 6.07 Å². The number of aliphatic hydroxyl groups is 1. The number of nitrogens with zero attached hydrogens (tertiary/aromatic N) is 1. The smallest absolute Gasteiger partial charge is 0.254 e. The van der Waals surface area contributed by atoms with Crippen molar-refractivity contribution in [3.05, 3.63) is 35.1 Å². The predicted octanol–water partition coefficient (Wildman–Crippen LogP) is 1.88. The summed E-state index contributed by atoms with van der Waals surface area (Å²) in [5.41, 5.74) is 6.59. The number of aliphatic hydroxyl groups excluding tert-OH is 1. The van der Waals surface area contributed by atoms with Gasteiger partial charge in [-0.3, -0.25) is 4.79 Å². The van der Waals surface area contributed by atoms with Crippen LogP contribution in [-0.4, -0.2) is 42.2 Å². The van der Waals surface area contributed by atoms with Crippen molar-refractivity contribution in [3.63, 3.8) is 0 Å². The molecule has 4 nitrogen and oxygen atoms in total. The summed E-state index contributed by atoms with van der Waals surface area (Å²) in [5.74, 6) is -0.160. The van der Waals surface area contributed by atoms with E-state index >= 15 is 0 Å². The van der Waals surface area contributed by atoms with Crippen molar-refractivity contribution in [3.8, 4) is 0 Å². The number of benzene rings is 1. The number of amides is 1. The van der Waals surface area contributed by atoms with Gasteiger partial charge in [0.15, 0.2) is 0 Å². The van der Waals surface area contributed by atoms with Crippen LogP contribution in [0.3, 0.4) is 0 Å². The summed E-state index contributed by atoms with van der Waals surface area (Å²) in [5, 5.41) is 9.51. The second-order valence-corrected chi connectivity index (χ2v) is 6.63. The Morgan fingerprint density at radius 2 is 2.05 bits per heavy atom. The van der Waals surface area contributed by atoms with Crippen molar-refractivity contribution in [1.29, 1.82) is 0 Å². The molecule has 1 saturated heterocycles. The molecule has 1 aromatic carbocycles. The van der Waals surface area contributed by atoms with Gasteiger partial charge in [0, 0.05) is 36.2 Å². The van der Waals surface area contributed by atoms with E-state index in [1.54, 1.807) is 17.0 Å². The second-order valence-electron chi connectivity index (χ2n) is 6.63. The molecule has 5 heteroatoms. The van der Waals surface area contributed by atoms with Crippen LogP contribution in [0.4, 0.5) is 4.39 Å².